The van der Waals surface area contributed by atoms with Gasteiger partial charge in [-0.25, -0.2) is 0 Å². The molecule has 5 heteroatoms. The summed E-state index contributed by atoms with van der Waals surface area (Å²) in [4.78, 5) is 4.07. The van der Waals surface area contributed by atoms with Crippen molar-refractivity contribution < 1.29 is 0 Å². The van der Waals surface area contributed by atoms with Crippen molar-refractivity contribution in [2.45, 2.75) is 13.0 Å². The van der Waals surface area contributed by atoms with Crippen LogP contribution in [0.25, 0.3) is 10.8 Å². The number of nitrogens with zero attached hydrogens (tertiary/aromatic N) is 3. The van der Waals surface area contributed by atoms with E-state index >= 15 is 0 Å². The summed E-state index contributed by atoms with van der Waals surface area (Å²) in [7, 11) is 0. The third-order valence-corrected chi connectivity index (χ3v) is 4.51. The lowest BCUT2D eigenvalue weighted by Gasteiger charge is -2.11. The highest BCUT2D eigenvalue weighted by Gasteiger charge is 2.09. The Bertz CT molecular complexity index is 1020. The van der Waals surface area contributed by atoms with Crippen LogP contribution in [0.3, 0.4) is 0 Å². The van der Waals surface area contributed by atoms with E-state index < -0.39 is 0 Å². The summed E-state index contributed by atoms with van der Waals surface area (Å²) in [5.41, 5.74) is 3.27. The van der Waals surface area contributed by atoms with E-state index in [2.05, 4.69) is 32.6 Å². The fourth-order valence-electron chi connectivity index (χ4n) is 2.90. The molecule has 0 fully saturated rings. The molecule has 4 rings (SSSR count). The van der Waals surface area contributed by atoms with Crippen molar-refractivity contribution in [3.63, 3.8) is 0 Å². The molecule has 0 atom stereocenters. The average Bonchev–Trinajstić information content (AvgIpc) is 2.69. The Morgan fingerprint density at radius 1 is 0.769 bits per heavy atom. The first-order valence-corrected chi connectivity index (χ1v) is 8.79. The zero-order valence-electron chi connectivity index (χ0n) is 14.1. The van der Waals surface area contributed by atoms with E-state index in [0.29, 0.717) is 6.54 Å². The van der Waals surface area contributed by atoms with E-state index in [1.165, 1.54) is 5.56 Å². The van der Waals surface area contributed by atoms with Crippen molar-refractivity contribution in [3.8, 4) is 0 Å². The van der Waals surface area contributed by atoms with E-state index in [9.17, 15) is 0 Å². The van der Waals surface area contributed by atoms with Gasteiger partial charge in [0.15, 0.2) is 5.82 Å². The predicted molar refractivity (Wildman–Crippen MR) is 105 cm³/mol. The number of halogens is 1. The molecular weight excluding hydrogens is 344 g/mol. The van der Waals surface area contributed by atoms with E-state index in [-0.39, 0.29) is 0 Å². The number of hydrogen-bond donors (Lipinski definition) is 1. The molecule has 2 heterocycles. The molecule has 0 spiro atoms. The van der Waals surface area contributed by atoms with Crippen molar-refractivity contribution in [2.24, 2.45) is 0 Å². The lowest BCUT2D eigenvalue weighted by atomic mass is 10.0. The third kappa shape index (κ3) is 3.65. The fourth-order valence-corrected chi connectivity index (χ4v) is 3.03. The topological polar surface area (TPSA) is 50.7 Å². The normalized spacial score (nSPS) is 10.8. The highest BCUT2D eigenvalue weighted by molar-refractivity contribution is 6.30. The first-order chi connectivity index (χ1) is 12.8. The Labute approximate surface area is 156 Å². The van der Waals surface area contributed by atoms with Crippen LogP contribution in [0, 0.1) is 0 Å². The van der Waals surface area contributed by atoms with Crippen LogP contribution in [0.15, 0.2) is 73.1 Å². The van der Waals surface area contributed by atoms with Crippen LogP contribution in [-0.2, 0) is 13.0 Å². The van der Waals surface area contributed by atoms with Crippen LogP contribution in [0.4, 0.5) is 5.82 Å². The molecular formula is C21H17ClN4. The minimum atomic E-state index is 0.666. The molecule has 128 valence electrons. The monoisotopic (exact) mass is 360 g/mol. The van der Waals surface area contributed by atoms with Crippen LogP contribution in [-0.4, -0.2) is 15.2 Å². The minimum Gasteiger partial charge on any atom is -0.364 e. The highest BCUT2D eigenvalue weighted by Crippen LogP contribution is 2.25. The van der Waals surface area contributed by atoms with Gasteiger partial charge in [-0.2, -0.15) is 5.10 Å². The van der Waals surface area contributed by atoms with Crippen LogP contribution in [0.5, 0.6) is 0 Å². The van der Waals surface area contributed by atoms with E-state index in [1.54, 1.807) is 12.4 Å². The smallest absolute Gasteiger partial charge is 0.156 e. The van der Waals surface area contributed by atoms with Crippen molar-refractivity contribution in [1.29, 1.82) is 0 Å². The van der Waals surface area contributed by atoms with E-state index in [0.717, 1.165) is 39.3 Å². The molecule has 0 saturated heterocycles. The van der Waals surface area contributed by atoms with Crippen molar-refractivity contribution in [3.05, 3.63) is 94.9 Å². The van der Waals surface area contributed by atoms with E-state index in [4.69, 9.17) is 11.6 Å². The van der Waals surface area contributed by atoms with Gasteiger partial charge < -0.3 is 5.32 Å². The lowest BCUT2D eigenvalue weighted by Crippen LogP contribution is -2.05. The van der Waals surface area contributed by atoms with Crippen molar-refractivity contribution >= 4 is 28.2 Å². The van der Waals surface area contributed by atoms with Gasteiger partial charge in [0.05, 0.1) is 5.69 Å². The summed E-state index contributed by atoms with van der Waals surface area (Å²) in [5, 5.41) is 15.2. The number of hydrogen-bond acceptors (Lipinski definition) is 4. The van der Waals surface area contributed by atoms with Crippen LogP contribution >= 0.6 is 11.6 Å². The number of fused-ring (bicyclic) bond motifs is 1. The van der Waals surface area contributed by atoms with E-state index in [1.807, 2.05) is 48.5 Å². The van der Waals surface area contributed by atoms with Crippen LogP contribution < -0.4 is 5.32 Å². The minimum absolute atomic E-state index is 0.666. The van der Waals surface area contributed by atoms with Crippen LogP contribution in [0.2, 0.25) is 5.02 Å². The van der Waals surface area contributed by atoms with Gasteiger partial charge in [-0.1, -0.05) is 48.0 Å². The van der Waals surface area contributed by atoms with Crippen molar-refractivity contribution in [1.82, 2.24) is 15.2 Å². The summed E-state index contributed by atoms with van der Waals surface area (Å²) in [5.74, 6) is 0.786. The molecule has 0 amide bonds. The Hall–Kier alpha value is -2.98. The number of aromatic nitrogens is 3. The quantitative estimate of drug-likeness (QED) is 0.551. The molecule has 26 heavy (non-hydrogen) atoms. The standard InChI is InChI=1S/C21H17ClN4/c22-17-7-5-16(6-8-17)14-24-21-19-4-2-1-3-18(19)20(25-26-21)13-15-9-11-23-12-10-15/h1-12H,13-14H2,(H,24,26). The maximum Gasteiger partial charge on any atom is 0.156 e. The highest BCUT2D eigenvalue weighted by atomic mass is 35.5. The lowest BCUT2D eigenvalue weighted by molar-refractivity contribution is 0.946. The fraction of sp³-hybridized carbons (Fsp3) is 0.0952. The number of nitrogens with one attached hydrogen (secondary N) is 1. The molecule has 4 aromatic rings. The summed E-state index contributed by atoms with van der Waals surface area (Å²) in [6.07, 6.45) is 4.33. The second-order valence-electron chi connectivity index (χ2n) is 6.05. The number of pyridine rings is 1. The molecule has 0 unspecified atom stereocenters. The Morgan fingerprint density at radius 3 is 2.27 bits per heavy atom. The van der Waals surface area contributed by atoms with Crippen LogP contribution in [0.1, 0.15) is 16.8 Å². The zero-order valence-corrected chi connectivity index (χ0v) is 14.8. The second-order valence-corrected chi connectivity index (χ2v) is 6.49. The Balaban J connectivity index is 1.62. The summed E-state index contributed by atoms with van der Waals surface area (Å²) in [6.45, 7) is 0.666. The van der Waals surface area contributed by atoms with Gasteiger partial charge in [0, 0.05) is 41.2 Å². The molecule has 2 aromatic heterocycles. The first-order valence-electron chi connectivity index (χ1n) is 8.41. The van der Waals surface area contributed by atoms with Crippen molar-refractivity contribution in [2.75, 3.05) is 5.32 Å². The van der Waals surface area contributed by atoms with Gasteiger partial charge in [-0.3, -0.25) is 4.98 Å². The largest absolute Gasteiger partial charge is 0.364 e. The van der Waals surface area contributed by atoms with Gasteiger partial charge in [0.2, 0.25) is 0 Å². The predicted octanol–water partition coefficient (Wildman–Crippen LogP) is 4.88. The molecule has 0 aliphatic heterocycles. The molecule has 4 nitrogen and oxygen atoms in total. The maximum atomic E-state index is 5.94. The molecule has 2 aromatic carbocycles. The SMILES string of the molecule is Clc1ccc(CNc2nnc(Cc3ccncc3)c3ccccc23)cc1. The molecule has 1 N–H and O–H groups in total. The second kappa shape index (κ2) is 7.50. The third-order valence-electron chi connectivity index (χ3n) is 4.26. The summed E-state index contributed by atoms with van der Waals surface area (Å²) >= 11 is 5.94. The first kappa shape index (κ1) is 16.5. The molecule has 0 radical (unpaired) electrons. The number of anilines is 1. The molecule has 0 saturated carbocycles. The maximum absolute atomic E-state index is 5.94. The summed E-state index contributed by atoms with van der Waals surface area (Å²) in [6, 6.07) is 20.0. The summed E-state index contributed by atoms with van der Waals surface area (Å²) < 4.78 is 0. The Morgan fingerprint density at radius 2 is 1.50 bits per heavy atom. The number of rotatable bonds is 5. The molecule has 0 aliphatic carbocycles. The molecule has 0 bridgehead atoms. The average molecular weight is 361 g/mol. The van der Waals surface area contributed by atoms with Gasteiger partial charge in [0.1, 0.15) is 0 Å². The van der Waals surface area contributed by atoms with Gasteiger partial charge >= 0.3 is 0 Å². The van der Waals surface area contributed by atoms with Gasteiger partial charge in [-0.15, -0.1) is 5.10 Å². The number of benzene rings is 2. The molecule has 0 aliphatic rings. The van der Waals surface area contributed by atoms with Gasteiger partial charge in [-0.05, 0) is 35.4 Å². The van der Waals surface area contributed by atoms with Gasteiger partial charge in [0.25, 0.3) is 0 Å². The Kier molecular flexibility index (Phi) is 4.75. The zero-order chi connectivity index (χ0) is 17.8.